The molecule has 0 bridgehead atoms. The molecule has 1 atom stereocenters. The number of rotatable bonds is 6. The van der Waals surface area contributed by atoms with Crippen LogP contribution in [0, 0.1) is 0 Å². The minimum atomic E-state index is -4.88. The summed E-state index contributed by atoms with van der Waals surface area (Å²) in [6, 6.07) is 15.7. The van der Waals surface area contributed by atoms with Gasteiger partial charge in [0.1, 0.15) is 5.75 Å². The molecule has 0 saturated carbocycles. The van der Waals surface area contributed by atoms with Gasteiger partial charge >= 0.3 is 18.6 Å². The van der Waals surface area contributed by atoms with E-state index < -0.39 is 40.3 Å². The molecule has 0 fully saturated rings. The number of hydrogen-bond acceptors (Lipinski definition) is 3. The zero-order chi connectivity index (χ0) is 29.3. The van der Waals surface area contributed by atoms with Crippen LogP contribution in [0.25, 0.3) is 0 Å². The molecule has 1 unspecified atom stereocenters. The zero-order valence-corrected chi connectivity index (χ0v) is 21.8. The van der Waals surface area contributed by atoms with Gasteiger partial charge in [-0.2, -0.15) is 18.3 Å². The summed E-state index contributed by atoms with van der Waals surface area (Å²) in [5.41, 5.74) is -0.895. The quantitative estimate of drug-likeness (QED) is 0.288. The lowest BCUT2D eigenvalue weighted by atomic mass is 9.72. The number of urea groups is 1. The molecule has 3 aromatic rings. The first-order valence-corrected chi connectivity index (χ1v) is 12.2. The van der Waals surface area contributed by atoms with E-state index in [-0.39, 0.29) is 35.0 Å². The van der Waals surface area contributed by atoms with Crippen molar-refractivity contribution < 1.29 is 35.9 Å². The monoisotopic (exact) mass is 601 g/mol. The first-order chi connectivity index (χ1) is 18.7. The summed E-state index contributed by atoms with van der Waals surface area (Å²) in [6.45, 7) is 3.69. The predicted octanol–water partition coefficient (Wildman–Crippen LogP) is 8.59. The molecule has 13 heteroatoms. The van der Waals surface area contributed by atoms with Crippen LogP contribution in [0.5, 0.6) is 5.75 Å². The van der Waals surface area contributed by atoms with Gasteiger partial charge in [0.25, 0.3) is 0 Å². The fraction of sp³-hybridized carbons (Fsp3) is 0.185. The Morgan fingerprint density at radius 3 is 2.23 bits per heavy atom. The summed E-state index contributed by atoms with van der Waals surface area (Å²) < 4.78 is 81.3. The minimum absolute atomic E-state index is 0.0727. The molecule has 5 nitrogen and oxygen atoms in total. The Balaban J connectivity index is 1.73. The summed E-state index contributed by atoms with van der Waals surface area (Å²) in [4.78, 5) is 13.2. The molecule has 0 aromatic heterocycles. The van der Waals surface area contributed by atoms with E-state index in [1.54, 1.807) is 30.3 Å². The van der Waals surface area contributed by atoms with E-state index >= 15 is 0 Å². The summed E-state index contributed by atoms with van der Waals surface area (Å²) in [5, 5.41) is 7.72. The lowest BCUT2D eigenvalue weighted by Crippen LogP contribution is -2.41. The molecule has 0 aliphatic carbocycles. The van der Waals surface area contributed by atoms with Gasteiger partial charge in [-0.3, -0.25) is 0 Å². The largest absolute Gasteiger partial charge is 0.573 e. The number of halogens is 8. The van der Waals surface area contributed by atoms with Crippen molar-refractivity contribution >= 4 is 40.6 Å². The van der Waals surface area contributed by atoms with E-state index in [1.807, 2.05) is 0 Å². The molecule has 3 aromatic carbocycles. The number of benzene rings is 3. The summed E-state index contributed by atoms with van der Waals surface area (Å²) in [6.07, 6.45) is -9.48. The van der Waals surface area contributed by atoms with Gasteiger partial charge in [0.05, 0.1) is 28.3 Å². The topological polar surface area (TPSA) is 53.9 Å². The van der Waals surface area contributed by atoms with Gasteiger partial charge in [-0.15, -0.1) is 13.2 Å². The second-order valence-corrected chi connectivity index (χ2v) is 9.78. The third kappa shape index (κ3) is 6.53. The van der Waals surface area contributed by atoms with Crippen LogP contribution in [0.4, 0.5) is 36.8 Å². The Bertz CT molecular complexity index is 1440. The molecule has 1 N–H and O–H groups in total. The van der Waals surface area contributed by atoms with Crippen LogP contribution in [0.1, 0.15) is 23.1 Å². The van der Waals surface area contributed by atoms with Gasteiger partial charge in [-0.25, -0.2) is 9.80 Å². The summed E-state index contributed by atoms with van der Waals surface area (Å²) in [7, 11) is 0. The SMILES string of the molecule is C=C(Cl)CC1(c2ccccc2)CN(C(=O)Nc2ccc(OC(F)(F)F)cc2)N=C1c1ccc(C(F)(F)F)c(Cl)c1. The average Bonchev–Trinajstić information content (AvgIpc) is 3.24. The van der Waals surface area contributed by atoms with Crippen LogP contribution in [0.3, 0.4) is 0 Å². The second kappa shape index (κ2) is 11.1. The van der Waals surface area contributed by atoms with Crippen LogP contribution >= 0.6 is 23.2 Å². The van der Waals surface area contributed by atoms with Crippen molar-refractivity contribution in [1.82, 2.24) is 5.01 Å². The lowest BCUT2D eigenvalue weighted by molar-refractivity contribution is -0.274. The number of nitrogens with zero attached hydrogens (tertiary/aromatic N) is 2. The summed E-state index contributed by atoms with van der Waals surface area (Å²) >= 11 is 12.3. The highest BCUT2D eigenvalue weighted by atomic mass is 35.5. The van der Waals surface area contributed by atoms with Crippen LogP contribution < -0.4 is 10.1 Å². The maximum Gasteiger partial charge on any atom is 0.573 e. The van der Waals surface area contributed by atoms with Crippen LogP contribution in [-0.2, 0) is 11.6 Å². The van der Waals surface area contributed by atoms with Gasteiger partial charge in [0.2, 0.25) is 0 Å². The number of nitrogens with one attached hydrogen (secondary N) is 1. The van der Waals surface area contributed by atoms with Crippen molar-refractivity contribution in [2.75, 3.05) is 11.9 Å². The highest BCUT2D eigenvalue weighted by Gasteiger charge is 2.47. The van der Waals surface area contributed by atoms with Crippen LogP contribution in [-0.4, -0.2) is 29.7 Å². The highest BCUT2D eigenvalue weighted by molar-refractivity contribution is 6.32. The molecule has 40 heavy (non-hydrogen) atoms. The van der Waals surface area contributed by atoms with Gasteiger partial charge in [-0.1, -0.05) is 66.2 Å². The maximum absolute atomic E-state index is 13.4. The Labute approximate surface area is 234 Å². The Morgan fingerprint density at radius 2 is 1.68 bits per heavy atom. The number of ether oxygens (including phenoxy) is 1. The number of amides is 2. The van der Waals surface area contributed by atoms with Crippen molar-refractivity contribution in [2.45, 2.75) is 24.4 Å². The number of allylic oxidation sites excluding steroid dienone is 1. The van der Waals surface area contributed by atoms with Crippen molar-refractivity contribution in [2.24, 2.45) is 5.10 Å². The van der Waals surface area contributed by atoms with Crippen molar-refractivity contribution in [1.29, 1.82) is 0 Å². The molecule has 0 saturated heterocycles. The first kappa shape index (κ1) is 29.3. The molecule has 1 aliphatic heterocycles. The molecule has 4 rings (SSSR count). The third-order valence-electron chi connectivity index (χ3n) is 6.04. The van der Waals surface area contributed by atoms with Crippen molar-refractivity contribution in [3.63, 3.8) is 0 Å². The van der Waals surface area contributed by atoms with E-state index in [1.165, 1.54) is 18.2 Å². The Hall–Kier alpha value is -3.70. The maximum atomic E-state index is 13.4. The number of alkyl halides is 6. The molecule has 2 amide bonds. The molecule has 1 heterocycles. The molecular formula is C27H19Cl2F6N3O2. The van der Waals surface area contributed by atoms with Gasteiger partial charge in [0, 0.05) is 16.3 Å². The number of anilines is 1. The average molecular weight is 602 g/mol. The van der Waals surface area contributed by atoms with Crippen molar-refractivity contribution in [3.05, 3.63) is 106 Å². The zero-order valence-electron chi connectivity index (χ0n) is 20.3. The van der Waals surface area contributed by atoms with Crippen molar-refractivity contribution in [3.8, 4) is 5.75 Å². The minimum Gasteiger partial charge on any atom is -0.406 e. The fourth-order valence-corrected chi connectivity index (χ4v) is 4.92. The van der Waals surface area contributed by atoms with Crippen LogP contribution in [0.15, 0.2) is 89.5 Å². The Kier molecular flexibility index (Phi) is 8.09. The first-order valence-electron chi connectivity index (χ1n) is 11.5. The van der Waals surface area contributed by atoms with E-state index in [2.05, 4.69) is 21.7 Å². The second-order valence-electron chi connectivity index (χ2n) is 8.84. The summed E-state index contributed by atoms with van der Waals surface area (Å²) in [5.74, 6) is -0.477. The van der Waals surface area contributed by atoms with E-state index in [9.17, 15) is 31.1 Å². The molecule has 0 spiro atoms. The van der Waals surface area contributed by atoms with Gasteiger partial charge in [-0.05, 0) is 48.4 Å². The predicted molar refractivity (Wildman–Crippen MR) is 140 cm³/mol. The van der Waals surface area contributed by atoms with E-state index in [0.29, 0.717) is 5.56 Å². The third-order valence-corrected chi connectivity index (χ3v) is 6.48. The fourth-order valence-electron chi connectivity index (χ4n) is 4.41. The van der Waals surface area contributed by atoms with Gasteiger partial charge < -0.3 is 10.1 Å². The smallest absolute Gasteiger partial charge is 0.406 e. The molecule has 0 radical (unpaired) electrons. The molecular weight excluding hydrogens is 583 g/mol. The Morgan fingerprint density at radius 1 is 1.02 bits per heavy atom. The number of carbonyl (C=O) groups excluding carboxylic acids is 1. The van der Waals surface area contributed by atoms with Gasteiger partial charge in [0.15, 0.2) is 0 Å². The van der Waals surface area contributed by atoms with E-state index in [0.717, 1.165) is 29.3 Å². The van der Waals surface area contributed by atoms with E-state index in [4.69, 9.17) is 23.2 Å². The number of hydrazone groups is 1. The molecule has 210 valence electrons. The normalized spacial score (nSPS) is 17.4. The standard InChI is InChI=1S/C27H19Cl2F6N3O2/c1-16(28)14-25(18-5-3-2-4-6-18)15-38(24(39)36-19-8-10-20(11-9-19)40-27(33,34)35)37-23(25)17-7-12-21(22(29)13-17)26(30,31)32/h2-13H,1,14-15H2,(H,36,39). The number of hydrogen-bond donors (Lipinski definition) is 1. The molecule has 1 aliphatic rings. The lowest BCUT2D eigenvalue weighted by Gasteiger charge is -2.31. The number of carbonyl (C=O) groups is 1. The highest BCUT2D eigenvalue weighted by Crippen LogP contribution is 2.43. The van der Waals surface area contributed by atoms with Crippen LogP contribution in [0.2, 0.25) is 5.02 Å².